The number of nitrogens with one attached hydrogen (secondary N) is 2. The molecular formula is C21H20N2O4S. The minimum absolute atomic E-state index is 0.0629. The van der Waals surface area contributed by atoms with Crippen LogP contribution in [0.3, 0.4) is 0 Å². The van der Waals surface area contributed by atoms with Crippen LogP contribution in [0.5, 0.6) is 0 Å². The summed E-state index contributed by atoms with van der Waals surface area (Å²) in [4.78, 5) is 27.1. The molecule has 1 saturated carbocycles. The number of aromatic nitrogens is 1. The van der Waals surface area contributed by atoms with E-state index in [1.165, 1.54) is 12.1 Å². The summed E-state index contributed by atoms with van der Waals surface area (Å²) in [6.07, 6.45) is 1.81. The Hall–Kier alpha value is -2.77. The number of hydrogen-bond donors (Lipinski definition) is 2. The molecule has 2 aromatic carbocycles. The van der Waals surface area contributed by atoms with Gasteiger partial charge in [-0.3, -0.25) is 9.59 Å². The number of Topliss-reactive ketones (excluding diaryl/α,β-unsaturated/α-hetero) is 1. The molecule has 4 rings (SSSR count). The van der Waals surface area contributed by atoms with Gasteiger partial charge in [0.25, 0.3) is 5.56 Å². The third-order valence-electron chi connectivity index (χ3n) is 4.93. The van der Waals surface area contributed by atoms with Gasteiger partial charge in [-0.15, -0.1) is 0 Å². The van der Waals surface area contributed by atoms with Crippen molar-refractivity contribution in [2.45, 2.75) is 31.2 Å². The third kappa shape index (κ3) is 3.76. The van der Waals surface area contributed by atoms with Crippen molar-refractivity contribution < 1.29 is 13.2 Å². The molecule has 0 radical (unpaired) electrons. The van der Waals surface area contributed by atoms with E-state index in [-0.39, 0.29) is 28.7 Å². The van der Waals surface area contributed by atoms with E-state index in [4.69, 9.17) is 0 Å². The number of H-pyrrole nitrogens is 1. The number of rotatable bonds is 6. The van der Waals surface area contributed by atoms with Crippen molar-refractivity contribution >= 4 is 26.7 Å². The Bertz CT molecular complexity index is 1220. The van der Waals surface area contributed by atoms with Crippen molar-refractivity contribution in [3.63, 3.8) is 0 Å². The van der Waals surface area contributed by atoms with Crippen molar-refractivity contribution in [1.29, 1.82) is 0 Å². The molecule has 144 valence electrons. The van der Waals surface area contributed by atoms with Crippen LogP contribution in [-0.4, -0.2) is 19.2 Å². The fraction of sp³-hybridized carbons (Fsp3) is 0.238. The molecule has 1 aliphatic rings. The maximum Gasteiger partial charge on any atom is 0.252 e. The van der Waals surface area contributed by atoms with Crippen molar-refractivity contribution in [1.82, 2.24) is 9.71 Å². The molecule has 1 fully saturated rings. The number of fused-ring (bicyclic) bond motifs is 1. The zero-order valence-electron chi connectivity index (χ0n) is 15.4. The van der Waals surface area contributed by atoms with E-state index in [2.05, 4.69) is 9.71 Å². The summed E-state index contributed by atoms with van der Waals surface area (Å²) in [6, 6.07) is 13.3. The van der Waals surface area contributed by atoms with Crippen LogP contribution in [0.25, 0.3) is 10.9 Å². The predicted octanol–water partition coefficient (Wildman–Crippen LogP) is 2.91. The molecule has 1 heterocycles. The zero-order valence-corrected chi connectivity index (χ0v) is 16.2. The van der Waals surface area contributed by atoms with Gasteiger partial charge in [0.1, 0.15) is 0 Å². The van der Waals surface area contributed by atoms with Crippen molar-refractivity contribution in [2.24, 2.45) is 5.92 Å². The second kappa shape index (κ2) is 7.00. The van der Waals surface area contributed by atoms with E-state index in [1.54, 1.807) is 18.2 Å². The first-order valence-electron chi connectivity index (χ1n) is 9.10. The highest BCUT2D eigenvalue weighted by atomic mass is 32.2. The molecule has 0 atom stereocenters. The molecule has 0 amide bonds. The van der Waals surface area contributed by atoms with Crippen LogP contribution in [0.2, 0.25) is 0 Å². The fourth-order valence-corrected chi connectivity index (χ4v) is 4.14. The number of aromatic amines is 1. The van der Waals surface area contributed by atoms with E-state index in [9.17, 15) is 18.0 Å². The Balaban J connectivity index is 1.53. The van der Waals surface area contributed by atoms with Gasteiger partial charge in [0.2, 0.25) is 10.0 Å². The molecule has 0 saturated heterocycles. The number of carbonyl (C=O) groups excluding carboxylic acids is 1. The number of sulfonamides is 1. The van der Waals surface area contributed by atoms with E-state index >= 15 is 0 Å². The van der Waals surface area contributed by atoms with Crippen LogP contribution in [0, 0.1) is 12.8 Å². The first kappa shape index (κ1) is 18.6. The Morgan fingerprint density at radius 1 is 1.11 bits per heavy atom. The van der Waals surface area contributed by atoms with Crippen LogP contribution < -0.4 is 10.3 Å². The van der Waals surface area contributed by atoms with Gasteiger partial charge >= 0.3 is 0 Å². The number of aryl methyl sites for hydroxylation is 1. The van der Waals surface area contributed by atoms with Gasteiger partial charge < -0.3 is 4.98 Å². The van der Waals surface area contributed by atoms with Gasteiger partial charge in [-0.05, 0) is 55.5 Å². The molecule has 28 heavy (non-hydrogen) atoms. The molecular weight excluding hydrogens is 376 g/mol. The van der Waals surface area contributed by atoms with Crippen LogP contribution in [0.15, 0.2) is 58.2 Å². The lowest BCUT2D eigenvalue weighted by Gasteiger charge is -2.08. The Morgan fingerprint density at radius 3 is 2.50 bits per heavy atom. The minimum Gasteiger partial charge on any atom is -0.322 e. The number of carbonyl (C=O) groups is 1. The van der Waals surface area contributed by atoms with Gasteiger partial charge in [-0.1, -0.05) is 23.8 Å². The summed E-state index contributed by atoms with van der Waals surface area (Å²) in [5.41, 5.74) is 2.29. The largest absolute Gasteiger partial charge is 0.322 e. The highest BCUT2D eigenvalue weighted by Gasteiger charge is 2.30. The Morgan fingerprint density at radius 2 is 1.82 bits per heavy atom. The van der Waals surface area contributed by atoms with Gasteiger partial charge in [-0.2, -0.15) is 0 Å². The highest BCUT2D eigenvalue weighted by molar-refractivity contribution is 7.89. The number of pyridine rings is 1. The standard InChI is InChI=1S/C21H20N2O4S/c1-13-2-9-19-16(10-13)11-17(21(25)23-19)12-22-28(26,27)18-7-5-15(6-8-18)20(24)14-3-4-14/h2,5-11,14,22H,3-4,12H2,1H3,(H,23,25). The van der Waals surface area contributed by atoms with E-state index < -0.39 is 10.0 Å². The lowest BCUT2D eigenvalue weighted by Crippen LogP contribution is -2.27. The summed E-state index contributed by atoms with van der Waals surface area (Å²) in [6.45, 7) is 1.83. The molecule has 3 aromatic rings. The van der Waals surface area contributed by atoms with Gasteiger partial charge in [-0.25, -0.2) is 13.1 Å². The van der Waals surface area contributed by atoms with E-state index in [0.29, 0.717) is 16.6 Å². The summed E-state index contributed by atoms with van der Waals surface area (Å²) in [7, 11) is -3.80. The molecule has 0 unspecified atom stereocenters. The third-order valence-corrected chi connectivity index (χ3v) is 6.34. The van der Waals surface area contributed by atoms with Gasteiger partial charge in [0, 0.05) is 29.1 Å². The van der Waals surface area contributed by atoms with Crippen LogP contribution >= 0.6 is 0 Å². The Labute approximate surface area is 162 Å². The molecule has 0 bridgehead atoms. The second-order valence-electron chi connectivity index (χ2n) is 7.20. The maximum absolute atomic E-state index is 12.6. The predicted molar refractivity (Wildman–Crippen MR) is 107 cm³/mol. The van der Waals surface area contributed by atoms with Crippen molar-refractivity contribution in [3.05, 3.63) is 75.6 Å². The number of benzene rings is 2. The second-order valence-corrected chi connectivity index (χ2v) is 8.97. The SMILES string of the molecule is Cc1ccc2[nH]c(=O)c(CNS(=O)(=O)c3ccc(C(=O)C4CC4)cc3)cc2c1. The van der Waals surface area contributed by atoms with Gasteiger partial charge in [0.05, 0.1) is 4.90 Å². The fourth-order valence-electron chi connectivity index (χ4n) is 3.14. The topological polar surface area (TPSA) is 96.1 Å². The van der Waals surface area contributed by atoms with Crippen LogP contribution in [0.4, 0.5) is 0 Å². The Kier molecular flexibility index (Phi) is 4.64. The van der Waals surface area contributed by atoms with Gasteiger partial charge in [0.15, 0.2) is 5.78 Å². The van der Waals surface area contributed by atoms with E-state index in [0.717, 1.165) is 23.8 Å². The average Bonchev–Trinajstić information content (AvgIpc) is 3.51. The minimum atomic E-state index is -3.80. The first-order valence-corrected chi connectivity index (χ1v) is 10.6. The maximum atomic E-state index is 12.6. The lowest BCUT2D eigenvalue weighted by atomic mass is 10.1. The van der Waals surface area contributed by atoms with Crippen molar-refractivity contribution in [2.75, 3.05) is 0 Å². The molecule has 1 aliphatic carbocycles. The summed E-state index contributed by atoms with van der Waals surface area (Å²) in [5, 5.41) is 0.844. The summed E-state index contributed by atoms with van der Waals surface area (Å²) < 4.78 is 27.6. The average molecular weight is 396 g/mol. The number of hydrogen-bond acceptors (Lipinski definition) is 4. The molecule has 1 aromatic heterocycles. The summed E-state index contributed by atoms with van der Waals surface area (Å²) >= 11 is 0. The molecule has 6 nitrogen and oxygen atoms in total. The molecule has 2 N–H and O–H groups in total. The lowest BCUT2D eigenvalue weighted by molar-refractivity contribution is 0.0967. The zero-order chi connectivity index (χ0) is 19.9. The molecule has 0 spiro atoms. The smallest absolute Gasteiger partial charge is 0.252 e. The first-order chi connectivity index (χ1) is 13.3. The summed E-state index contributed by atoms with van der Waals surface area (Å²) in [5.74, 6) is 0.152. The number of ketones is 1. The monoisotopic (exact) mass is 396 g/mol. The van der Waals surface area contributed by atoms with Crippen molar-refractivity contribution in [3.8, 4) is 0 Å². The highest BCUT2D eigenvalue weighted by Crippen LogP contribution is 2.32. The molecule has 7 heteroatoms. The van der Waals surface area contributed by atoms with E-state index in [1.807, 2.05) is 25.1 Å². The normalized spacial score (nSPS) is 14.3. The van der Waals surface area contributed by atoms with Crippen LogP contribution in [0.1, 0.15) is 34.3 Å². The van der Waals surface area contributed by atoms with Crippen LogP contribution in [-0.2, 0) is 16.6 Å². The molecule has 0 aliphatic heterocycles. The quantitative estimate of drug-likeness (QED) is 0.626.